The lowest BCUT2D eigenvalue weighted by molar-refractivity contribution is -0.119. The predicted molar refractivity (Wildman–Crippen MR) is 81.4 cm³/mol. The zero-order valence-corrected chi connectivity index (χ0v) is 12.5. The summed E-state index contributed by atoms with van der Waals surface area (Å²) in [6.45, 7) is 7.51. The molecule has 2 rings (SSSR count). The number of rotatable bonds is 5. The van der Waals surface area contributed by atoms with Crippen LogP contribution in [0.2, 0.25) is 0 Å². The minimum Gasteiger partial charge on any atom is -0.369 e. The monoisotopic (exact) mass is 275 g/mol. The van der Waals surface area contributed by atoms with Crippen LogP contribution in [0.25, 0.3) is 0 Å². The first-order valence-corrected chi connectivity index (χ1v) is 7.35. The van der Waals surface area contributed by atoms with Crippen molar-refractivity contribution in [2.45, 2.75) is 39.3 Å². The molecule has 1 aliphatic heterocycles. The minimum absolute atomic E-state index is 0.230. The molecule has 1 fully saturated rings. The lowest BCUT2D eigenvalue weighted by atomic mass is 10.0. The van der Waals surface area contributed by atoms with Crippen LogP contribution in [0.15, 0.2) is 18.2 Å². The number of carbonyl (C=O) groups excluding carboxylic acids is 1. The molecular weight excluding hydrogens is 250 g/mol. The number of piperidine rings is 1. The largest absolute Gasteiger partial charge is 0.369 e. The smallest absolute Gasteiger partial charge is 0.231 e. The third-order valence-corrected chi connectivity index (χ3v) is 4.13. The number of amides is 1. The maximum absolute atomic E-state index is 10.9. The number of likely N-dealkylation sites (tertiary alicyclic amines) is 1. The fraction of sp³-hybridized carbons (Fsp3) is 0.562. The number of nitrogens with zero attached hydrogens (tertiary/aromatic N) is 1. The van der Waals surface area contributed by atoms with E-state index >= 15 is 0 Å². The van der Waals surface area contributed by atoms with Gasteiger partial charge in [0.1, 0.15) is 0 Å². The third kappa shape index (κ3) is 4.32. The van der Waals surface area contributed by atoms with E-state index in [-0.39, 0.29) is 5.91 Å². The van der Waals surface area contributed by atoms with E-state index in [0.717, 1.165) is 32.5 Å². The number of nitrogens with one attached hydrogen (secondary N) is 1. The van der Waals surface area contributed by atoms with Crippen molar-refractivity contribution in [2.75, 3.05) is 19.6 Å². The van der Waals surface area contributed by atoms with Crippen LogP contribution >= 0.6 is 0 Å². The van der Waals surface area contributed by atoms with Crippen molar-refractivity contribution >= 4 is 5.91 Å². The Kier molecular flexibility index (Phi) is 5.15. The number of hydrogen-bond donors (Lipinski definition) is 2. The summed E-state index contributed by atoms with van der Waals surface area (Å²) in [6, 6.07) is 7.17. The quantitative estimate of drug-likeness (QED) is 0.852. The predicted octanol–water partition coefficient (Wildman–Crippen LogP) is 1.34. The molecule has 3 N–H and O–H groups in total. The van der Waals surface area contributed by atoms with Crippen LogP contribution in [0.1, 0.15) is 29.5 Å². The molecule has 4 heteroatoms. The molecular formula is C16H25N3O. The fourth-order valence-corrected chi connectivity index (χ4v) is 2.69. The Morgan fingerprint density at radius 2 is 2.00 bits per heavy atom. The van der Waals surface area contributed by atoms with Gasteiger partial charge in [-0.2, -0.15) is 0 Å². The molecule has 0 aromatic heterocycles. The van der Waals surface area contributed by atoms with Gasteiger partial charge in [-0.1, -0.05) is 18.2 Å². The molecule has 1 aromatic carbocycles. The van der Waals surface area contributed by atoms with E-state index in [1.165, 1.54) is 16.7 Å². The molecule has 0 bridgehead atoms. The van der Waals surface area contributed by atoms with Gasteiger partial charge in [0.15, 0.2) is 0 Å². The molecule has 0 aliphatic carbocycles. The Morgan fingerprint density at radius 3 is 2.60 bits per heavy atom. The molecule has 1 aliphatic rings. The maximum Gasteiger partial charge on any atom is 0.231 e. The van der Waals surface area contributed by atoms with Gasteiger partial charge in [-0.3, -0.25) is 9.69 Å². The molecule has 4 nitrogen and oxygen atoms in total. The van der Waals surface area contributed by atoms with Crippen molar-refractivity contribution in [3.8, 4) is 0 Å². The zero-order valence-electron chi connectivity index (χ0n) is 12.5. The number of hydrogen-bond acceptors (Lipinski definition) is 3. The summed E-state index contributed by atoms with van der Waals surface area (Å²) >= 11 is 0. The van der Waals surface area contributed by atoms with Crippen molar-refractivity contribution in [2.24, 2.45) is 5.73 Å². The molecule has 110 valence electrons. The normalized spacial score (nSPS) is 17.3. The van der Waals surface area contributed by atoms with Gasteiger partial charge in [0.25, 0.3) is 0 Å². The summed E-state index contributed by atoms with van der Waals surface area (Å²) in [7, 11) is 0. The number of carbonyl (C=O) groups is 1. The zero-order chi connectivity index (χ0) is 14.5. The van der Waals surface area contributed by atoms with Crippen molar-refractivity contribution in [3.05, 3.63) is 34.9 Å². The van der Waals surface area contributed by atoms with Gasteiger partial charge in [0.2, 0.25) is 5.91 Å². The highest BCUT2D eigenvalue weighted by molar-refractivity contribution is 5.75. The van der Waals surface area contributed by atoms with Gasteiger partial charge < -0.3 is 11.1 Å². The van der Waals surface area contributed by atoms with E-state index in [1.54, 1.807) is 0 Å². The Balaban J connectivity index is 1.75. The van der Waals surface area contributed by atoms with E-state index in [2.05, 4.69) is 42.3 Å². The number of aryl methyl sites for hydroxylation is 2. The molecule has 0 unspecified atom stereocenters. The maximum atomic E-state index is 10.9. The second-order valence-electron chi connectivity index (χ2n) is 5.82. The fourth-order valence-electron chi connectivity index (χ4n) is 2.69. The highest BCUT2D eigenvalue weighted by Crippen LogP contribution is 2.13. The SMILES string of the molecule is Cc1ccc(CNC2CCN(CC(N)=O)CC2)cc1C. The first-order chi connectivity index (χ1) is 9.54. The third-order valence-electron chi connectivity index (χ3n) is 4.13. The number of primary amides is 1. The Hall–Kier alpha value is -1.39. The van der Waals surface area contributed by atoms with Crippen LogP contribution in [-0.4, -0.2) is 36.5 Å². The second-order valence-corrected chi connectivity index (χ2v) is 5.82. The number of nitrogens with two attached hydrogens (primary N) is 1. The molecule has 0 radical (unpaired) electrons. The summed E-state index contributed by atoms with van der Waals surface area (Å²) in [5.74, 6) is -0.230. The standard InChI is InChI=1S/C16H25N3O/c1-12-3-4-14(9-13(12)2)10-18-15-5-7-19(8-6-15)11-16(17)20/h3-4,9,15,18H,5-8,10-11H2,1-2H3,(H2,17,20). The molecule has 0 atom stereocenters. The first-order valence-electron chi connectivity index (χ1n) is 7.35. The Morgan fingerprint density at radius 1 is 1.30 bits per heavy atom. The van der Waals surface area contributed by atoms with Gasteiger partial charge in [-0.05, 0) is 43.4 Å². The van der Waals surface area contributed by atoms with E-state index in [0.29, 0.717) is 12.6 Å². The van der Waals surface area contributed by atoms with Gasteiger partial charge in [-0.15, -0.1) is 0 Å². The van der Waals surface area contributed by atoms with Crippen molar-refractivity contribution in [1.82, 2.24) is 10.2 Å². The summed E-state index contributed by atoms with van der Waals surface area (Å²) in [5, 5.41) is 3.62. The highest BCUT2D eigenvalue weighted by Gasteiger charge is 2.19. The van der Waals surface area contributed by atoms with Crippen LogP contribution in [0.3, 0.4) is 0 Å². The van der Waals surface area contributed by atoms with Gasteiger partial charge >= 0.3 is 0 Å². The molecule has 0 spiro atoms. The van der Waals surface area contributed by atoms with Gasteiger partial charge in [0.05, 0.1) is 6.54 Å². The summed E-state index contributed by atoms with van der Waals surface area (Å²) < 4.78 is 0. The topological polar surface area (TPSA) is 58.4 Å². The first kappa shape index (κ1) is 15.0. The summed E-state index contributed by atoms with van der Waals surface area (Å²) in [6.07, 6.45) is 2.16. The van der Waals surface area contributed by atoms with Crippen molar-refractivity contribution < 1.29 is 4.79 Å². The highest BCUT2D eigenvalue weighted by atomic mass is 16.1. The van der Waals surface area contributed by atoms with Crippen LogP contribution in [0.4, 0.5) is 0 Å². The van der Waals surface area contributed by atoms with Crippen LogP contribution < -0.4 is 11.1 Å². The molecule has 20 heavy (non-hydrogen) atoms. The molecule has 1 saturated heterocycles. The van der Waals surface area contributed by atoms with Crippen molar-refractivity contribution in [1.29, 1.82) is 0 Å². The van der Waals surface area contributed by atoms with E-state index in [9.17, 15) is 4.79 Å². The molecule has 1 amide bonds. The van der Waals surface area contributed by atoms with Gasteiger partial charge in [0, 0.05) is 25.7 Å². The second kappa shape index (κ2) is 6.86. The Bertz CT molecular complexity index is 465. The van der Waals surface area contributed by atoms with Crippen LogP contribution in [0.5, 0.6) is 0 Å². The van der Waals surface area contributed by atoms with E-state index < -0.39 is 0 Å². The lowest BCUT2D eigenvalue weighted by Crippen LogP contribution is -2.45. The molecule has 1 heterocycles. The average molecular weight is 275 g/mol. The van der Waals surface area contributed by atoms with E-state index in [4.69, 9.17) is 5.73 Å². The van der Waals surface area contributed by atoms with Crippen molar-refractivity contribution in [3.63, 3.8) is 0 Å². The summed E-state index contributed by atoms with van der Waals surface area (Å²) in [5.41, 5.74) is 9.25. The minimum atomic E-state index is -0.230. The van der Waals surface area contributed by atoms with E-state index in [1.807, 2.05) is 0 Å². The molecule has 0 saturated carbocycles. The Labute approximate surface area is 121 Å². The molecule has 1 aromatic rings. The summed E-state index contributed by atoms with van der Waals surface area (Å²) in [4.78, 5) is 13.0. The van der Waals surface area contributed by atoms with Crippen LogP contribution in [-0.2, 0) is 11.3 Å². The van der Waals surface area contributed by atoms with Gasteiger partial charge in [-0.25, -0.2) is 0 Å². The van der Waals surface area contributed by atoms with Crippen LogP contribution in [0, 0.1) is 13.8 Å². The lowest BCUT2D eigenvalue weighted by Gasteiger charge is -2.31. The average Bonchev–Trinajstić information content (AvgIpc) is 2.41. The number of benzene rings is 1.